The van der Waals surface area contributed by atoms with Gasteiger partial charge in [-0.3, -0.25) is 14.2 Å². The normalized spacial score (nSPS) is 11.3. The summed E-state index contributed by atoms with van der Waals surface area (Å²) in [6.07, 6.45) is 2.65. The van der Waals surface area contributed by atoms with Gasteiger partial charge in [-0.05, 0) is 30.7 Å². The molecule has 3 heterocycles. The first-order valence-electron chi connectivity index (χ1n) is 6.73. The molecular formula is C16H11N3O3. The van der Waals surface area contributed by atoms with Crippen LogP contribution in [-0.4, -0.2) is 20.7 Å². The molecule has 0 saturated carbocycles. The second-order valence-electron chi connectivity index (χ2n) is 5.12. The summed E-state index contributed by atoms with van der Waals surface area (Å²) >= 11 is 0. The number of fused-ring (bicyclic) bond motifs is 2. The van der Waals surface area contributed by atoms with Gasteiger partial charge < -0.3 is 4.42 Å². The molecule has 0 atom stereocenters. The molecule has 4 aromatic rings. The van der Waals surface area contributed by atoms with Gasteiger partial charge in [0.15, 0.2) is 11.9 Å². The number of carbonyl (C=O) groups excluding carboxylic acids is 1. The lowest BCUT2D eigenvalue weighted by atomic mass is 10.1. The molecule has 1 N–H and O–H groups in total. The minimum Gasteiger partial charge on any atom is -0.408 e. The van der Waals surface area contributed by atoms with Crippen LogP contribution in [0.2, 0.25) is 0 Å². The number of imidazole rings is 1. The van der Waals surface area contributed by atoms with E-state index in [1.165, 1.54) is 0 Å². The van der Waals surface area contributed by atoms with Gasteiger partial charge in [-0.15, -0.1) is 0 Å². The van der Waals surface area contributed by atoms with E-state index in [2.05, 4.69) is 9.97 Å². The molecule has 108 valence electrons. The van der Waals surface area contributed by atoms with E-state index in [1.54, 1.807) is 22.6 Å². The van der Waals surface area contributed by atoms with Crippen LogP contribution >= 0.6 is 0 Å². The summed E-state index contributed by atoms with van der Waals surface area (Å²) in [4.78, 5) is 29.8. The highest BCUT2D eigenvalue weighted by molar-refractivity contribution is 5.88. The number of hydrogen-bond donors (Lipinski definition) is 1. The van der Waals surface area contributed by atoms with Crippen LogP contribution in [0.4, 0.5) is 0 Å². The summed E-state index contributed by atoms with van der Waals surface area (Å²) in [5.41, 5.74) is 4.53. The molecule has 0 fully saturated rings. The number of rotatable bonds is 2. The molecule has 3 aromatic heterocycles. The molecule has 0 aliphatic rings. The first-order valence-corrected chi connectivity index (χ1v) is 6.73. The molecule has 0 radical (unpaired) electrons. The summed E-state index contributed by atoms with van der Waals surface area (Å²) in [7, 11) is 0. The summed E-state index contributed by atoms with van der Waals surface area (Å²) in [6.45, 7) is 1.95. The van der Waals surface area contributed by atoms with Crippen molar-refractivity contribution in [2.75, 3.05) is 0 Å². The number of H-pyrrole nitrogens is 1. The fraction of sp³-hybridized carbons (Fsp3) is 0.0625. The Balaban J connectivity index is 2.02. The minimum absolute atomic E-state index is 0.438. The van der Waals surface area contributed by atoms with E-state index in [9.17, 15) is 9.59 Å². The van der Waals surface area contributed by atoms with E-state index in [0.29, 0.717) is 28.1 Å². The lowest BCUT2D eigenvalue weighted by molar-refractivity contribution is 0.111. The Bertz CT molecular complexity index is 1090. The first-order chi connectivity index (χ1) is 10.7. The largest absolute Gasteiger partial charge is 0.417 e. The van der Waals surface area contributed by atoms with Crippen LogP contribution in [0.5, 0.6) is 0 Å². The van der Waals surface area contributed by atoms with Crippen molar-refractivity contribution in [1.82, 2.24) is 14.4 Å². The smallest absolute Gasteiger partial charge is 0.408 e. The fourth-order valence-electron chi connectivity index (χ4n) is 2.59. The van der Waals surface area contributed by atoms with Crippen LogP contribution in [-0.2, 0) is 0 Å². The Hall–Kier alpha value is -3.15. The zero-order valence-corrected chi connectivity index (χ0v) is 11.7. The number of hydrogen-bond acceptors (Lipinski definition) is 4. The number of aromatic nitrogens is 3. The molecular weight excluding hydrogens is 282 g/mol. The zero-order chi connectivity index (χ0) is 15.3. The maximum absolute atomic E-state index is 11.5. The third kappa shape index (κ3) is 1.77. The van der Waals surface area contributed by atoms with Gasteiger partial charge in [0, 0.05) is 11.8 Å². The van der Waals surface area contributed by atoms with E-state index in [-0.39, 0.29) is 0 Å². The predicted octanol–water partition coefficient (Wildman–Crippen LogP) is 2.56. The van der Waals surface area contributed by atoms with Crippen LogP contribution < -0.4 is 5.76 Å². The van der Waals surface area contributed by atoms with Gasteiger partial charge in [0.05, 0.1) is 5.52 Å². The van der Waals surface area contributed by atoms with Gasteiger partial charge in [-0.25, -0.2) is 9.78 Å². The number of carbonyl (C=O) groups is 1. The number of nitrogens with one attached hydrogen (secondary N) is 1. The molecule has 0 amide bonds. The molecule has 1 aromatic carbocycles. The Morgan fingerprint density at radius 3 is 2.95 bits per heavy atom. The number of aldehydes is 1. The second-order valence-corrected chi connectivity index (χ2v) is 5.12. The van der Waals surface area contributed by atoms with Crippen LogP contribution in [0.15, 0.2) is 45.7 Å². The first kappa shape index (κ1) is 12.6. The van der Waals surface area contributed by atoms with Crippen LogP contribution in [0.3, 0.4) is 0 Å². The monoisotopic (exact) mass is 293 g/mol. The number of nitrogens with zero attached hydrogens (tertiary/aromatic N) is 2. The van der Waals surface area contributed by atoms with E-state index in [1.807, 2.05) is 25.3 Å². The van der Waals surface area contributed by atoms with Crippen molar-refractivity contribution < 1.29 is 9.21 Å². The zero-order valence-electron chi connectivity index (χ0n) is 11.7. The van der Waals surface area contributed by atoms with Crippen molar-refractivity contribution in [1.29, 1.82) is 0 Å². The maximum Gasteiger partial charge on any atom is 0.417 e. The lowest BCUT2D eigenvalue weighted by Gasteiger charge is -1.99. The van der Waals surface area contributed by atoms with Gasteiger partial charge in [-0.1, -0.05) is 12.1 Å². The molecule has 6 nitrogen and oxygen atoms in total. The second kappa shape index (κ2) is 4.42. The fourth-order valence-corrected chi connectivity index (χ4v) is 2.59. The average molecular weight is 293 g/mol. The van der Waals surface area contributed by atoms with Crippen LogP contribution in [0.1, 0.15) is 16.1 Å². The SMILES string of the molecule is Cc1ccc2nc(-c3ccc4[nH]c(=O)oc4c3)c(C=O)n2c1. The molecule has 22 heavy (non-hydrogen) atoms. The van der Waals surface area contributed by atoms with Crippen LogP contribution in [0.25, 0.3) is 28.0 Å². The summed E-state index contributed by atoms with van der Waals surface area (Å²) in [6, 6.07) is 9.04. The van der Waals surface area contributed by atoms with Crippen molar-refractivity contribution in [2.24, 2.45) is 0 Å². The Kier molecular flexibility index (Phi) is 2.53. The van der Waals surface area contributed by atoms with Crippen molar-refractivity contribution in [3.05, 3.63) is 58.3 Å². The van der Waals surface area contributed by atoms with Gasteiger partial charge in [0.25, 0.3) is 0 Å². The molecule has 0 aliphatic carbocycles. The Morgan fingerprint density at radius 1 is 1.27 bits per heavy atom. The van der Waals surface area contributed by atoms with Crippen molar-refractivity contribution in [3.8, 4) is 11.3 Å². The van der Waals surface area contributed by atoms with E-state index in [4.69, 9.17) is 4.42 Å². The van der Waals surface area contributed by atoms with Gasteiger partial charge in [-0.2, -0.15) is 0 Å². The highest BCUT2D eigenvalue weighted by Gasteiger charge is 2.14. The number of aryl methyl sites for hydroxylation is 1. The summed E-state index contributed by atoms with van der Waals surface area (Å²) in [5.74, 6) is -0.506. The molecule has 0 saturated heterocycles. The maximum atomic E-state index is 11.5. The number of benzene rings is 1. The van der Waals surface area contributed by atoms with E-state index >= 15 is 0 Å². The van der Waals surface area contributed by atoms with Crippen molar-refractivity contribution in [3.63, 3.8) is 0 Å². The predicted molar refractivity (Wildman–Crippen MR) is 81.1 cm³/mol. The average Bonchev–Trinajstić information content (AvgIpc) is 3.04. The summed E-state index contributed by atoms with van der Waals surface area (Å²) in [5, 5.41) is 0. The molecule has 4 rings (SSSR count). The minimum atomic E-state index is -0.506. The number of aromatic amines is 1. The molecule has 0 unspecified atom stereocenters. The number of oxazole rings is 1. The summed E-state index contributed by atoms with van der Waals surface area (Å²) < 4.78 is 6.82. The van der Waals surface area contributed by atoms with Crippen LogP contribution in [0, 0.1) is 6.92 Å². The van der Waals surface area contributed by atoms with E-state index in [0.717, 1.165) is 17.4 Å². The van der Waals surface area contributed by atoms with Crippen molar-refractivity contribution in [2.45, 2.75) is 6.92 Å². The molecule has 0 bridgehead atoms. The van der Waals surface area contributed by atoms with Gasteiger partial charge >= 0.3 is 5.76 Å². The third-order valence-electron chi connectivity index (χ3n) is 3.61. The topological polar surface area (TPSA) is 80.4 Å². The molecule has 0 aliphatic heterocycles. The van der Waals surface area contributed by atoms with E-state index < -0.39 is 5.76 Å². The van der Waals surface area contributed by atoms with Gasteiger partial charge in [0.1, 0.15) is 17.0 Å². The van der Waals surface area contributed by atoms with Crippen molar-refractivity contribution >= 4 is 23.0 Å². The Morgan fingerprint density at radius 2 is 2.14 bits per heavy atom. The lowest BCUT2D eigenvalue weighted by Crippen LogP contribution is -1.93. The molecule has 0 spiro atoms. The quantitative estimate of drug-likeness (QED) is 0.576. The highest BCUT2D eigenvalue weighted by Crippen LogP contribution is 2.26. The van der Waals surface area contributed by atoms with Gasteiger partial charge in [0.2, 0.25) is 0 Å². The molecule has 6 heteroatoms. The highest BCUT2D eigenvalue weighted by atomic mass is 16.4. The standard InChI is InChI=1S/C16H11N3O3/c1-9-2-5-14-18-15(12(8-20)19(14)7-9)10-3-4-11-13(6-10)22-16(21)17-11/h2-8H,1H3,(H,17,21). The number of pyridine rings is 1. The third-order valence-corrected chi connectivity index (χ3v) is 3.61. The Labute approximate surface area is 124 Å².